The third kappa shape index (κ3) is 4.79. The Bertz CT molecular complexity index is 1730. The average Bonchev–Trinajstić information content (AvgIpc) is 3.47. The second-order valence-corrected chi connectivity index (χ2v) is 10.0. The Kier molecular flexibility index (Phi) is 6.29. The zero-order valence-electron chi connectivity index (χ0n) is 21.1. The van der Waals surface area contributed by atoms with Crippen LogP contribution in [0.2, 0.25) is 5.02 Å². The predicted molar refractivity (Wildman–Crippen MR) is 141 cm³/mol. The van der Waals surface area contributed by atoms with Crippen LogP contribution in [0.25, 0.3) is 22.3 Å². The Morgan fingerprint density at radius 2 is 1.95 bits per heavy atom. The molecule has 6 rings (SSSR count). The molecule has 10 nitrogen and oxygen atoms in total. The van der Waals surface area contributed by atoms with Crippen molar-refractivity contribution in [2.75, 3.05) is 11.4 Å². The Labute approximate surface area is 230 Å². The number of benzene rings is 2. The fourth-order valence-corrected chi connectivity index (χ4v) is 4.91. The molecular weight excluding hydrogens is 548 g/mol. The van der Waals surface area contributed by atoms with Gasteiger partial charge < -0.3 is 19.4 Å². The van der Waals surface area contributed by atoms with Gasteiger partial charge in [-0.3, -0.25) is 14.4 Å². The van der Waals surface area contributed by atoms with E-state index in [4.69, 9.17) is 11.6 Å². The molecule has 0 spiro atoms. The van der Waals surface area contributed by atoms with Crippen LogP contribution in [0, 0.1) is 5.92 Å². The van der Waals surface area contributed by atoms with E-state index in [-0.39, 0.29) is 46.2 Å². The third-order valence-electron chi connectivity index (χ3n) is 6.84. The summed E-state index contributed by atoms with van der Waals surface area (Å²) in [4.78, 5) is 47.8. The van der Waals surface area contributed by atoms with Crippen molar-refractivity contribution >= 4 is 40.0 Å². The van der Waals surface area contributed by atoms with E-state index in [0.717, 1.165) is 17.5 Å². The molecule has 0 unspecified atom stereocenters. The highest BCUT2D eigenvalue weighted by atomic mass is 35.5. The Hall–Kier alpha value is -4.32. The number of ketones is 1. The summed E-state index contributed by atoms with van der Waals surface area (Å²) in [6, 6.07) is 8.89. The fraction of sp³-hybridized carbons (Fsp3) is 0.296. The number of nitrogens with zero attached hydrogens (tertiary/aromatic N) is 4. The Morgan fingerprint density at radius 1 is 1.18 bits per heavy atom. The van der Waals surface area contributed by atoms with Crippen molar-refractivity contribution < 1.29 is 27.8 Å². The minimum Gasteiger partial charge on any atom is -0.395 e. The number of aromatic amines is 1. The van der Waals surface area contributed by atoms with Crippen LogP contribution in [-0.2, 0) is 11.3 Å². The van der Waals surface area contributed by atoms with E-state index < -0.39 is 24.3 Å². The van der Waals surface area contributed by atoms with E-state index in [2.05, 4.69) is 24.5 Å². The molecule has 13 heteroatoms. The van der Waals surface area contributed by atoms with Crippen molar-refractivity contribution in [1.29, 1.82) is 0 Å². The number of carbonyl (C=O) groups is 2. The molecule has 0 radical (unpaired) electrons. The van der Waals surface area contributed by atoms with E-state index in [1.165, 1.54) is 29.4 Å². The first-order chi connectivity index (χ1) is 19.1. The lowest BCUT2D eigenvalue weighted by Crippen LogP contribution is -2.37. The molecular formula is C27H22ClF2N5O5. The van der Waals surface area contributed by atoms with E-state index >= 15 is 0 Å². The van der Waals surface area contributed by atoms with Gasteiger partial charge in [-0.05, 0) is 49.9 Å². The number of amides is 1. The number of hydrogen-bond acceptors (Lipinski definition) is 7. The van der Waals surface area contributed by atoms with Gasteiger partial charge in [-0.15, -0.1) is 8.78 Å². The number of ether oxygens (including phenoxy) is 2. The summed E-state index contributed by atoms with van der Waals surface area (Å²) in [6.45, 7) is 1.41. The smallest absolute Gasteiger partial charge is 0.395 e. The number of likely N-dealkylation sites (N-methyl/N-ethyl adjacent to an activating group) is 1. The van der Waals surface area contributed by atoms with Crippen molar-refractivity contribution in [1.82, 2.24) is 19.7 Å². The van der Waals surface area contributed by atoms with Crippen LogP contribution in [0.4, 0.5) is 14.5 Å². The molecule has 206 valence electrons. The molecule has 1 saturated carbocycles. The van der Waals surface area contributed by atoms with Crippen LogP contribution in [0.1, 0.15) is 36.5 Å². The van der Waals surface area contributed by atoms with Crippen LogP contribution in [-0.4, -0.2) is 44.3 Å². The first kappa shape index (κ1) is 25.9. The van der Waals surface area contributed by atoms with Crippen molar-refractivity contribution in [2.24, 2.45) is 5.92 Å². The largest absolute Gasteiger partial charge is 0.586 e. The maximum absolute atomic E-state index is 13.5. The number of hydrogen-bond donors (Lipinski definition) is 1. The van der Waals surface area contributed by atoms with Crippen LogP contribution in [0.15, 0.2) is 47.5 Å². The second kappa shape index (κ2) is 9.70. The summed E-state index contributed by atoms with van der Waals surface area (Å²) in [7, 11) is 0. The van der Waals surface area contributed by atoms with Crippen LogP contribution >= 0.6 is 11.6 Å². The van der Waals surface area contributed by atoms with E-state index in [1.54, 1.807) is 25.1 Å². The van der Waals surface area contributed by atoms with Crippen molar-refractivity contribution in [2.45, 2.75) is 39.0 Å². The molecule has 1 aliphatic carbocycles. The molecule has 1 aliphatic heterocycles. The molecule has 0 atom stereocenters. The molecule has 0 saturated heterocycles. The topological polar surface area (TPSA) is 119 Å². The number of nitrogens with one attached hydrogen (secondary N) is 1. The number of Topliss-reactive ketones (excluding diaryl/α,β-unsaturated/α-hetero) is 1. The number of fused-ring (bicyclic) bond motifs is 2. The molecule has 2 aromatic heterocycles. The van der Waals surface area contributed by atoms with Gasteiger partial charge in [-0.2, -0.15) is 5.10 Å². The summed E-state index contributed by atoms with van der Waals surface area (Å²) in [5.74, 6) is -0.582. The molecule has 2 aromatic carbocycles. The summed E-state index contributed by atoms with van der Waals surface area (Å²) >= 11 is 6.34. The number of anilines is 1. The molecule has 1 N–H and O–H groups in total. The molecule has 1 amide bonds. The lowest BCUT2D eigenvalue weighted by atomic mass is 10.0. The number of imidazole rings is 1. The first-order valence-electron chi connectivity index (χ1n) is 12.6. The highest BCUT2D eigenvalue weighted by Gasteiger charge is 2.43. The zero-order chi connectivity index (χ0) is 28.2. The minimum absolute atomic E-state index is 0.0730. The van der Waals surface area contributed by atoms with Gasteiger partial charge in [0.1, 0.15) is 23.3 Å². The highest BCUT2D eigenvalue weighted by molar-refractivity contribution is 6.34. The van der Waals surface area contributed by atoms with Gasteiger partial charge in [0.15, 0.2) is 17.3 Å². The maximum Gasteiger partial charge on any atom is 0.586 e. The van der Waals surface area contributed by atoms with Crippen LogP contribution in [0.5, 0.6) is 11.5 Å². The van der Waals surface area contributed by atoms with Gasteiger partial charge in [-0.25, -0.2) is 9.67 Å². The van der Waals surface area contributed by atoms with Gasteiger partial charge in [0.25, 0.3) is 5.56 Å². The second-order valence-electron chi connectivity index (χ2n) is 9.64. The normalized spacial score (nSPS) is 15.4. The Balaban J connectivity index is 1.34. The van der Waals surface area contributed by atoms with E-state index in [0.29, 0.717) is 28.5 Å². The monoisotopic (exact) mass is 569 g/mol. The van der Waals surface area contributed by atoms with E-state index in [1.807, 2.05) is 0 Å². The Morgan fingerprint density at radius 3 is 2.70 bits per heavy atom. The van der Waals surface area contributed by atoms with Crippen LogP contribution < -0.4 is 19.9 Å². The van der Waals surface area contributed by atoms with Crippen molar-refractivity contribution in [3.63, 3.8) is 0 Å². The predicted octanol–water partition coefficient (Wildman–Crippen LogP) is 4.80. The maximum atomic E-state index is 13.5. The van der Waals surface area contributed by atoms with Crippen molar-refractivity contribution in [3.8, 4) is 22.8 Å². The summed E-state index contributed by atoms with van der Waals surface area (Å²) < 4.78 is 36.9. The number of halogens is 3. The SMILES string of the molecule is CCN(C(=O)Cn1nc(-c2ccc(Cl)c(C(=O)CC3CC3)c2)c2nc[nH]c2c1=O)c1ccc2c(c1)OC(F)(F)O2. The van der Waals surface area contributed by atoms with Crippen LogP contribution in [0.3, 0.4) is 0 Å². The first-order valence-corrected chi connectivity index (χ1v) is 13.0. The summed E-state index contributed by atoms with van der Waals surface area (Å²) in [6.07, 6.45) is 0.00116. The zero-order valence-corrected chi connectivity index (χ0v) is 21.9. The van der Waals surface area contributed by atoms with Gasteiger partial charge >= 0.3 is 6.29 Å². The van der Waals surface area contributed by atoms with Crippen molar-refractivity contribution in [3.05, 3.63) is 63.7 Å². The third-order valence-corrected chi connectivity index (χ3v) is 7.17. The number of rotatable bonds is 8. The van der Waals surface area contributed by atoms with E-state index in [9.17, 15) is 23.2 Å². The number of carbonyl (C=O) groups excluding carboxylic acids is 2. The molecule has 0 bridgehead atoms. The lowest BCUT2D eigenvalue weighted by molar-refractivity contribution is -0.286. The molecule has 40 heavy (non-hydrogen) atoms. The molecule has 1 fully saturated rings. The summed E-state index contributed by atoms with van der Waals surface area (Å²) in [5, 5.41) is 4.77. The highest BCUT2D eigenvalue weighted by Crippen LogP contribution is 2.43. The van der Waals surface area contributed by atoms with Gasteiger partial charge in [-0.1, -0.05) is 17.7 Å². The standard InChI is InChI=1S/C27H22ClF2N5O5/c1-2-34(16-6-8-20-21(11-16)40-27(29,30)39-20)22(37)12-35-26(38)25-24(31-13-32-25)23(33-35)15-5-7-18(28)17(10-15)19(36)9-14-3-4-14/h5-8,10-11,13-14H,2-4,9,12H2,1H3,(H,31,32). The molecule has 4 aromatic rings. The van der Waals surface area contributed by atoms with Gasteiger partial charge in [0.2, 0.25) is 5.91 Å². The van der Waals surface area contributed by atoms with Gasteiger partial charge in [0, 0.05) is 35.8 Å². The molecule has 2 aliphatic rings. The van der Waals surface area contributed by atoms with Gasteiger partial charge in [0.05, 0.1) is 11.3 Å². The summed E-state index contributed by atoms with van der Waals surface area (Å²) in [5.41, 5.74) is 1.26. The number of alkyl halides is 2. The number of H-pyrrole nitrogens is 1. The quantitative estimate of drug-likeness (QED) is 0.303. The molecule has 3 heterocycles. The fourth-order valence-electron chi connectivity index (χ4n) is 4.68. The lowest BCUT2D eigenvalue weighted by Gasteiger charge is -2.21. The number of aromatic nitrogens is 4. The minimum atomic E-state index is -3.79. The average molecular weight is 570 g/mol.